The van der Waals surface area contributed by atoms with Gasteiger partial charge in [0.1, 0.15) is 5.56 Å². The molecule has 0 bridgehead atoms. The average molecular weight is 284 g/mol. The van der Waals surface area contributed by atoms with E-state index in [9.17, 15) is 9.13 Å². The van der Waals surface area contributed by atoms with Gasteiger partial charge in [-0.3, -0.25) is 4.52 Å². The van der Waals surface area contributed by atoms with Crippen LogP contribution >= 0.6 is 27.1 Å². The first-order valence-electron chi connectivity index (χ1n) is 3.67. The maximum atomic E-state index is 11.2. The number of rotatable bonds is 6. The number of nitrogens with zero attached hydrogens (tertiary/aromatic N) is 1. The first-order chi connectivity index (χ1) is 6.61. The Balaban J connectivity index is 4.56. The second-order valence-corrected chi connectivity index (χ2v) is 6.74. The molecular weight excluding hydrogens is 271 g/mol. The van der Waals surface area contributed by atoms with Crippen LogP contribution in [0.4, 0.5) is 0 Å². The molecule has 15 heavy (non-hydrogen) atoms. The lowest BCUT2D eigenvalue weighted by atomic mass is 10.5. The molecule has 0 aromatic carbocycles. The topological polar surface area (TPSA) is 128 Å². The molecule has 8 nitrogen and oxygen atoms in total. The van der Waals surface area contributed by atoms with Gasteiger partial charge < -0.3 is 19.8 Å². The Kier molecular flexibility index (Phi) is 5.92. The zero-order chi connectivity index (χ0) is 12.3. The Labute approximate surface area is 91.2 Å². The van der Waals surface area contributed by atoms with E-state index in [2.05, 4.69) is 4.52 Å². The molecule has 2 atom stereocenters. The number of aliphatic hydroxyl groups is 1. The van der Waals surface area contributed by atoms with Crippen LogP contribution in [0.5, 0.6) is 0 Å². The molecule has 0 aromatic rings. The third kappa shape index (κ3) is 5.40. The predicted molar refractivity (Wildman–Crippen MR) is 52.1 cm³/mol. The van der Waals surface area contributed by atoms with E-state index in [1.807, 2.05) is 0 Å². The van der Waals surface area contributed by atoms with Crippen LogP contribution in [0, 0.1) is 0 Å². The number of halogens is 1. The first kappa shape index (κ1) is 15.5. The van der Waals surface area contributed by atoms with Gasteiger partial charge >= 0.3 is 15.5 Å². The molecule has 11 heteroatoms. The standard InChI is InChI=1S/C4H12ClNO7P2/c1-6(14(8,9)10)15(11,12)13-4(5)2-3-7/h4,7H,2-3H2,1H3,(H,11,12)(H2,8,9,10). The Hall–Kier alpha value is 0.510. The number of hydrogen-bond acceptors (Lipinski definition) is 4. The Morgan fingerprint density at radius 1 is 1.40 bits per heavy atom. The molecule has 2 unspecified atom stereocenters. The monoisotopic (exact) mass is 283 g/mol. The molecule has 0 heterocycles. The molecule has 0 aliphatic carbocycles. The van der Waals surface area contributed by atoms with Gasteiger partial charge in [0.25, 0.3) is 0 Å². The summed E-state index contributed by atoms with van der Waals surface area (Å²) >= 11 is 5.37. The second kappa shape index (κ2) is 5.72. The highest BCUT2D eigenvalue weighted by Gasteiger charge is 2.40. The van der Waals surface area contributed by atoms with Gasteiger partial charge in [0, 0.05) is 20.1 Å². The van der Waals surface area contributed by atoms with Gasteiger partial charge in [0.05, 0.1) is 0 Å². The SMILES string of the molecule is CN(P(=O)(O)O)P(=O)(O)OC(Cl)CCO. The Morgan fingerprint density at radius 2 is 1.87 bits per heavy atom. The van der Waals surface area contributed by atoms with E-state index in [1.54, 1.807) is 0 Å². The lowest BCUT2D eigenvalue weighted by Gasteiger charge is -2.24. The van der Waals surface area contributed by atoms with E-state index in [0.717, 1.165) is 7.05 Å². The van der Waals surface area contributed by atoms with Crippen LogP contribution in [0.15, 0.2) is 0 Å². The zero-order valence-corrected chi connectivity index (χ0v) is 10.3. The van der Waals surface area contributed by atoms with Crippen LogP contribution < -0.4 is 0 Å². The summed E-state index contributed by atoms with van der Waals surface area (Å²) in [7, 11) is -8.82. The van der Waals surface area contributed by atoms with Crippen molar-refractivity contribution in [1.82, 2.24) is 4.44 Å². The van der Waals surface area contributed by atoms with Gasteiger partial charge in [-0.25, -0.2) is 9.13 Å². The smallest absolute Gasteiger partial charge is 0.396 e. The summed E-state index contributed by atoms with van der Waals surface area (Å²) in [5, 5.41) is 8.43. The third-order valence-electron chi connectivity index (χ3n) is 1.35. The number of alkyl halides is 1. The fourth-order valence-corrected chi connectivity index (χ4v) is 2.77. The van der Waals surface area contributed by atoms with Crippen molar-refractivity contribution in [2.75, 3.05) is 13.7 Å². The van der Waals surface area contributed by atoms with Gasteiger partial charge in [0.2, 0.25) is 0 Å². The summed E-state index contributed by atoms with van der Waals surface area (Å²) in [6.07, 6.45) is -0.138. The Morgan fingerprint density at radius 3 is 2.20 bits per heavy atom. The van der Waals surface area contributed by atoms with E-state index in [-0.39, 0.29) is 17.5 Å². The van der Waals surface area contributed by atoms with Crippen LogP contribution in [0.1, 0.15) is 6.42 Å². The van der Waals surface area contributed by atoms with Gasteiger partial charge in [0.15, 0.2) is 0 Å². The van der Waals surface area contributed by atoms with Crippen LogP contribution in [0.3, 0.4) is 0 Å². The van der Waals surface area contributed by atoms with E-state index in [4.69, 9.17) is 31.4 Å². The minimum atomic E-state index is -4.88. The number of hydrogen-bond donors (Lipinski definition) is 4. The molecule has 0 saturated carbocycles. The molecule has 4 N–H and O–H groups in total. The molecule has 0 amide bonds. The van der Waals surface area contributed by atoms with E-state index in [0.29, 0.717) is 0 Å². The summed E-state index contributed by atoms with van der Waals surface area (Å²) in [6, 6.07) is 0. The van der Waals surface area contributed by atoms with Crippen LogP contribution in [-0.2, 0) is 13.7 Å². The lowest BCUT2D eigenvalue weighted by molar-refractivity contribution is 0.171. The maximum absolute atomic E-state index is 11.2. The molecule has 0 aliphatic heterocycles. The molecule has 0 fully saturated rings. The van der Waals surface area contributed by atoms with Crippen LogP contribution in [0.25, 0.3) is 0 Å². The summed E-state index contributed by atoms with van der Waals surface area (Å²) in [4.78, 5) is 26.3. The van der Waals surface area contributed by atoms with Crippen molar-refractivity contribution in [1.29, 1.82) is 0 Å². The van der Waals surface area contributed by atoms with E-state index >= 15 is 0 Å². The predicted octanol–water partition coefficient (Wildman–Crippen LogP) is 0.0752. The summed E-state index contributed by atoms with van der Waals surface area (Å²) in [6.45, 7) is -0.381. The van der Waals surface area contributed by atoms with E-state index < -0.39 is 21.1 Å². The zero-order valence-electron chi connectivity index (χ0n) is 7.72. The summed E-state index contributed by atoms with van der Waals surface area (Å²) in [5.74, 6) is 0. The molecular formula is C4H12ClNO7P2. The number of aliphatic hydroxyl groups excluding tert-OH is 1. The minimum Gasteiger partial charge on any atom is -0.396 e. The quantitative estimate of drug-likeness (QED) is 0.398. The molecule has 0 aromatic heterocycles. The average Bonchev–Trinajstić information content (AvgIpc) is 2.00. The summed E-state index contributed by atoms with van der Waals surface area (Å²) < 4.78 is 26.1. The molecule has 0 saturated heterocycles. The Bertz CT molecular complexity index is 293. The molecule has 0 radical (unpaired) electrons. The molecule has 0 aliphatic rings. The largest absolute Gasteiger partial charge is 0.416 e. The fourth-order valence-electron chi connectivity index (χ4n) is 0.519. The third-order valence-corrected chi connectivity index (χ3v) is 5.17. The first-order valence-corrected chi connectivity index (χ1v) is 7.21. The van der Waals surface area contributed by atoms with Crippen LogP contribution in [-0.4, -0.2) is 43.4 Å². The van der Waals surface area contributed by atoms with Gasteiger partial charge in [-0.1, -0.05) is 11.6 Å². The normalized spacial score (nSPS) is 18.9. The lowest BCUT2D eigenvalue weighted by Crippen LogP contribution is -2.16. The highest BCUT2D eigenvalue weighted by Crippen LogP contribution is 2.60. The van der Waals surface area contributed by atoms with Crippen molar-refractivity contribution in [3.8, 4) is 0 Å². The van der Waals surface area contributed by atoms with Crippen molar-refractivity contribution < 1.29 is 33.4 Å². The summed E-state index contributed by atoms with van der Waals surface area (Å²) in [5.41, 5.74) is -1.31. The second-order valence-electron chi connectivity index (χ2n) is 2.52. The van der Waals surface area contributed by atoms with Crippen molar-refractivity contribution in [2.45, 2.75) is 12.0 Å². The fraction of sp³-hybridized carbons (Fsp3) is 1.00. The molecule has 0 rings (SSSR count). The minimum absolute atomic E-state index is 0.104. The highest BCUT2D eigenvalue weighted by molar-refractivity contribution is 7.65. The highest BCUT2D eigenvalue weighted by atomic mass is 35.5. The van der Waals surface area contributed by atoms with Crippen LogP contribution in [0.2, 0.25) is 0 Å². The van der Waals surface area contributed by atoms with Crippen molar-refractivity contribution in [3.05, 3.63) is 0 Å². The maximum Gasteiger partial charge on any atom is 0.416 e. The van der Waals surface area contributed by atoms with Crippen molar-refractivity contribution in [3.63, 3.8) is 0 Å². The molecule has 92 valence electrons. The van der Waals surface area contributed by atoms with Crippen molar-refractivity contribution in [2.24, 2.45) is 0 Å². The van der Waals surface area contributed by atoms with Gasteiger partial charge in [-0.2, -0.15) is 0 Å². The molecule has 0 spiro atoms. The van der Waals surface area contributed by atoms with Gasteiger partial charge in [-0.15, -0.1) is 4.44 Å². The van der Waals surface area contributed by atoms with Crippen molar-refractivity contribution >= 4 is 27.1 Å². The van der Waals surface area contributed by atoms with E-state index in [1.165, 1.54) is 0 Å². The van der Waals surface area contributed by atoms with Gasteiger partial charge in [-0.05, 0) is 0 Å².